The monoisotopic (exact) mass is 195 g/mol. The summed E-state index contributed by atoms with van der Waals surface area (Å²) in [6, 6.07) is 4.01. The third-order valence-corrected chi connectivity index (χ3v) is 2.14. The molecule has 1 aliphatic heterocycles. The molecule has 1 heterocycles. The Labute approximate surface area is 82.7 Å². The molecule has 4 nitrogen and oxygen atoms in total. The van der Waals surface area contributed by atoms with Crippen LogP contribution in [-0.2, 0) is 11.4 Å². The Morgan fingerprint density at radius 3 is 3.07 bits per heavy atom. The number of nitrogens with one attached hydrogen (secondary N) is 1. The first-order chi connectivity index (χ1) is 6.81. The van der Waals surface area contributed by atoms with Gasteiger partial charge in [-0.05, 0) is 24.1 Å². The van der Waals surface area contributed by atoms with Crippen molar-refractivity contribution in [3.8, 4) is 11.5 Å². The number of aryl methyl sites for hydroxylation is 1. The zero-order valence-corrected chi connectivity index (χ0v) is 8.29. The van der Waals surface area contributed by atoms with E-state index in [-0.39, 0.29) is 0 Å². The van der Waals surface area contributed by atoms with Crippen molar-refractivity contribution in [3.63, 3.8) is 0 Å². The van der Waals surface area contributed by atoms with Gasteiger partial charge in [-0.3, -0.25) is 0 Å². The highest BCUT2D eigenvalue weighted by atomic mass is 16.7. The maximum absolute atomic E-state index is 5.31. The molecule has 0 bridgehead atoms. The molecule has 0 amide bonds. The quantitative estimate of drug-likeness (QED) is 0.739. The second kappa shape index (κ2) is 3.86. The van der Waals surface area contributed by atoms with Crippen LogP contribution in [0.25, 0.3) is 0 Å². The zero-order valence-electron chi connectivity index (χ0n) is 8.29. The number of ether oxygens (including phenoxy) is 2. The second-order valence-corrected chi connectivity index (χ2v) is 3.17. The van der Waals surface area contributed by atoms with E-state index in [0.717, 1.165) is 22.6 Å². The average Bonchev–Trinajstić information content (AvgIpc) is 2.63. The van der Waals surface area contributed by atoms with Crippen LogP contribution in [0.1, 0.15) is 11.1 Å². The predicted octanol–water partition coefficient (Wildman–Crippen LogP) is 1.37. The standard InChI is InChI=1S/C10H13NO3/c1-7-3-8(5-11-12-2)4-9-10(7)14-6-13-9/h3-4,11H,5-6H2,1-2H3. The molecule has 0 aliphatic carbocycles. The third-order valence-electron chi connectivity index (χ3n) is 2.14. The van der Waals surface area contributed by atoms with Gasteiger partial charge in [-0.1, -0.05) is 6.07 Å². The Hall–Kier alpha value is -1.26. The average molecular weight is 195 g/mol. The Balaban J connectivity index is 2.23. The van der Waals surface area contributed by atoms with Crippen molar-refractivity contribution in [2.75, 3.05) is 13.9 Å². The predicted molar refractivity (Wildman–Crippen MR) is 51.2 cm³/mol. The summed E-state index contributed by atoms with van der Waals surface area (Å²) in [7, 11) is 1.60. The van der Waals surface area contributed by atoms with E-state index < -0.39 is 0 Å². The maximum Gasteiger partial charge on any atom is 0.231 e. The van der Waals surface area contributed by atoms with Crippen LogP contribution in [0.4, 0.5) is 0 Å². The molecule has 0 saturated carbocycles. The summed E-state index contributed by atoms with van der Waals surface area (Å²) in [5.41, 5.74) is 5.00. The Kier molecular flexibility index (Phi) is 2.56. The van der Waals surface area contributed by atoms with E-state index in [2.05, 4.69) is 11.5 Å². The molecule has 1 N–H and O–H groups in total. The number of hydrogen-bond acceptors (Lipinski definition) is 4. The second-order valence-electron chi connectivity index (χ2n) is 3.17. The summed E-state index contributed by atoms with van der Waals surface area (Å²) in [4.78, 5) is 4.78. The molecule has 0 atom stereocenters. The molecule has 0 saturated heterocycles. The third kappa shape index (κ3) is 1.66. The van der Waals surface area contributed by atoms with Crippen molar-refractivity contribution >= 4 is 0 Å². The number of hydrogen-bond donors (Lipinski definition) is 1. The molecule has 1 aromatic rings. The minimum atomic E-state index is 0.317. The van der Waals surface area contributed by atoms with Crippen LogP contribution in [0.3, 0.4) is 0 Å². The van der Waals surface area contributed by atoms with Crippen LogP contribution in [0.2, 0.25) is 0 Å². The smallest absolute Gasteiger partial charge is 0.231 e. The van der Waals surface area contributed by atoms with Crippen LogP contribution in [-0.4, -0.2) is 13.9 Å². The van der Waals surface area contributed by atoms with Gasteiger partial charge < -0.3 is 14.3 Å². The van der Waals surface area contributed by atoms with Crippen molar-refractivity contribution in [1.29, 1.82) is 0 Å². The highest BCUT2D eigenvalue weighted by Crippen LogP contribution is 2.36. The molecule has 0 radical (unpaired) electrons. The minimum Gasteiger partial charge on any atom is -0.454 e. The number of benzene rings is 1. The lowest BCUT2D eigenvalue weighted by molar-refractivity contribution is 0.0867. The Morgan fingerprint density at radius 2 is 2.29 bits per heavy atom. The summed E-state index contributed by atoms with van der Waals surface area (Å²) in [5, 5.41) is 0. The first-order valence-electron chi connectivity index (χ1n) is 4.46. The molecular formula is C10H13NO3. The molecule has 0 fully saturated rings. The van der Waals surface area contributed by atoms with Gasteiger partial charge in [0.1, 0.15) is 0 Å². The van der Waals surface area contributed by atoms with Gasteiger partial charge in [0.2, 0.25) is 6.79 Å². The highest BCUT2D eigenvalue weighted by Gasteiger charge is 2.16. The summed E-state index contributed by atoms with van der Waals surface area (Å²) in [5.74, 6) is 1.67. The van der Waals surface area contributed by atoms with E-state index in [4.69, 9.17) is 14.3 Å². The van der Waals surface area contributed by atoms with Crippen LogP contribution < -0.4 is 15.0 Å². The fraction of sp³-hybridized carbons (Fsp3) is 0.400. The van der Waals surface area contributed by atoms with Crippen molar-refractivity contribution in [3.05, 3.63) is 23.3 Å². The molecule has 1 aliphatic rings. The summed E-state index contributed by atoms with van der Waals surface area (Å²) in [6.45, 7) is 2.98. The molecule has 0 aromatic heterocycles. The Bertz CT molecular complexity index is 338. The topological polar surface area (TPSA) is 39.7 Å². The van der Waals surface area contributed by atoms with Gasteiger partial charge in [-0.25, -0.2) is 0 Å². The first kappa shape index (κ1) is 9.30. The molecule has 2 rings (SSSR count). The molecule has 4 heteroatoms. The fourth-order valence-electron chi connectivity index (χ4n) is 1.52. The van der Waals surface area contributed by atoms with Crippen LogP contribution >= 0.6 is 0 Å². The minimum absolute atomic E-state index is 0.317. The maximum atomic E-state index is 5.31. The SMILES string of the molecule is CONCc1cc(C)c2c(c1)OCO2. The molecule has 1 aromatic carbocycles. The van der Waals surface area contributed by atoms with Gasteiger partial charge in [-0.2, -0.15) is 5.48 Å². The van der Waals surface area contributed by atoms with Crippen molar-refractivity contribution < 1.29 is 14.3 Å². The van der Waals surface area contributed by atoms with E-state index >= 15 is 0 Å². The highest BCUT2D eigenvalue weighted by molar-refractivity contribution is 5.50. The Morgan fingerprint density at radius 1 is 1.43 bits per heavy atom. The van der Waals surface area contributed by atoms with E-state index in [1.807, 2.05) is 13.0 Å². The van der Waals surface area contributed by atoms with E-state index in [9.17, 15) is 0 Å². The lowest BCUT2D eigenvalue weighted by Gasteiger charge is -2.06. The van der Waals surface area contributed by atoms with Gasteiger partial charge in [0, 0.05) is 6.54 Å². The molecular weight excluding hydrogens is 182 g/mol. The molecule has 0 spiro atoms. The van der Waals surface area contributed by atoms with Crippen LogP contribution in [0.5, 0.6) is 11.5 Å². The lowest BCUT2D eigenvalue weighted by atomic mass is 10.1. The number of rotatable bonds is 3. The lowest BCUT2D eigenvalue weighted by Crippen LogP contribution is -2.10. The van der Waals surface area contributed by atoms with Crippen LogP contribution in [0.15, 0.2) is 12.1 Å². The zero-order chi connectivity index (χ0) is 9.97. The molecule has 0 unspecified atom stereocenters. The number of hydroxylamine groups is 1. The van der Waals surface area contributed by atoms with Gasteiger partial charge in [-0.15, -0.1) is 0 Å². The van der Waals surface area contributed by atoms with E-state index in [1.165, 1.54) is 0 Å². The van der Waals surface area contributed by atoms with Gasteiger partial charge >= 0.3 is 0 Å². The normalized spacial score (nSPS) is 13.3. The van der Waals surface area contributed by atoms with Gasteiger partial charge in [0.15, 0.2) is 11.5 Å². The van der Waals surface area contributed by atoms with Gasteiger partial charge in [0.05, 0.1) is 7.11 Å². The molecule has 14 heavy (non-hydrogen) atoms. The van der Waals surface area contributed by atoms with Crippen LogP contribution in [0, 0.1) is 6.92 Å². The van der Waals surface area contributed by atoms with E-state index in [0.29, 0.717) is 13.3 Å². The molecule has 76 valence electrons. The summed E-state index contributed by atoms with van der Waals surface area (Å²) in [6.07, 6.45) is 0. The summed E-state index contributed by atoms with van der Waals surface area (Å²) >= 11 is 0. The largest absolute Gasteiger partial charge is 0.454 e. The van der Waals surface area contributed by atoms with Crippen molar-refractivity contribution in [1.82, 2.24) is 5.48 Å². The first-order valence-corrected chi connectivity index (χ1v) is 4.46. The van der Waals surface area contributed by atoms with Crippen molar-refractivity contribution in [2.24, 2.45) is 0 Å². The van der Waals surface area contributed by atoms with E-state index in [1.54, 1.807) is 7.11 Å². The number of fused-ring (bicyclic) bond motifs is 1. The summed E-state index contributed by atoms with van der Waals surface area (Å²) < 4.78 is 10.6. The fourth-order valence-corrected chi connectivity index (χ4v) is 1.52. The van der Waals surface area contributed by atoms with Crippen molar-refractivity contribution in [2.45, 2.75) is 13.5 Å². The van der Waals surface area contributed by atoms with Gasteiger partial charge in [0.25, 0.3) is 0 Å².